The Morgan fingerprint density at radius 2 is 1.95 bits per heavy atom. The number of anilines is 1. The number of alkyl halides is 3. The molecule has 56 heavy (non-hydrogen) atoms. The van der Waals surface area contributed by atoms with E-state index in [1.807, 2.05) is 24.3 Å². The van der Waals surface area contributed by atoms with Crippen LogP contribution in [0.4, 0.5) is 23.2 Å². The summed E-state index contributed by atoms with van der Waals surface area (Å²) in [5.74, 6) is -0.542. The standard InChI is InChI=1S/C41H35ClF4N6O4/c1-22-29-18-26(19-31(41(44,45)46)37(29)50-49-22)47-39(53)24-6-9-34-33(16-24)48-36(52(34)20-27-12-15-54-27)21-51-13-10-23(11-14-51)28-4-3-5-35-38(28)56-40(2,55-35)30-8-7-25(42)17-32(30)43/h3-10,16-19,27H,11-15,20-21H2,1-2H3,(H,47,53)(H,49,50)/t27-,40?/m0/s1. The largest absolute Gasteiger partial charge is 0.444 e. The summed E-state index contributed by atoms with van der Waals surface area (Å²) < 4.78 is 77.0. The first-order chi connectivity index (χ1) is 26.8. The van der Waals surface area contributed by atoms with Crippen LogP contribution < -0.4 is 14.8 Å². The predicted octanol–water partition coefficient (Wildman–Crippen LogP) is 9.01. The van der Waals surface area contributed by atoms with Crippen LogP contribution >= 0.6 is 11.6 Å². The van der Waals surface area contributed by atoms with Crippen LogP contribution in [0.5, 0.6) is 11.5 Å². The van der Waals surface area contributed by atoms with Gasteiger partial charge in [-0.05, 0) is 79.9 Å². The van der Waals surface area contributed by atoms with E-state index in [4.69, 9.17) is 30.8 Å². The van der Waals surface area contributed by atoms with Crippen molar-refractivity contribution in [1.29, 1.82) is 0 Å². The molecule has 2 aromatic heterocycles. The van der Waals surface area contributed by atoms with Crippen LogP contribution in [0, 0.1) is 12.7 Å². The Morgan fingerprint density at radius 3 is 2.68 bits per heavy atom. The number of aromatic nitrogens is 4. The normalized spacial score (nSPS) is 19.7. The van der Waals surface area contributed by atoms with Crippen LogP contribution in [0.3, 0.4) is 0 Å². The van der Waals surface area contributed by atoms with Gasteiger partial charge in [0.2, 0.25) is 0 Å². The van der Waals surface area contributed by atoms with Crippen molar-refractivity contribution in [3.05, 3.63) is 117 Å². The molecule has 2 atom stereocenters. The average molecular weight is 787 g/mol. The highest BCUT2D eigenvalue weighted by Crippen LogP contribution is 2.49. The zero-order valence-corrected chi connectivity index (χ0v) is 31.0. The van der Waals surface area contributed by atoms with Crippen LogP contribution in [0.15, 0.2) is 72.8 Å². The van der Waals surface area contributed by atoms with Crippen molar-refractivity contribution in [2.75, 3.05) is 25.0 Å². The number of halogens is 5. The summed E-state index contributed by atoms with van der Waals surface area (Å²) in [6.45, 7) is 6.47. The number of nitrogens with zero attached hydrogens (tertiary/aromatic N) is 4. The maximum atomic E-state index is 14.9. The molecule has 15 heteroatoms. The number of imidazole rings is 1. The molecule has 6 aromatic rings. The van der Waals surface area contributed by atoms with E-state index in [-0.39, 0.29) is 38.8 Å². The molecule has 4 aromatic carbocycles. The minimum atomic E-state index is -4.66. The Hall–Kier alpha value is -5.44. The van der Waals surface area contributed by atoms with Crippen LogP contribution in [0.2, 0.25) is 5.02 Å². The number of nitrogens with one attached hydrogen (secondary N) is 2. The number of amides is 1. The van der Waals surface area contributed by atoms with Gasteiger partial charge in [-0.2, -0.15) is 18.3 Å². The third kappa shape index (κ3) is 6.54. The molecule has 0 spiro atoms. The molecule has 1 unspecified atom stereocenters. The van der Waals surface area contributed by atoms with Gasteiger partial charge in [0, 0.05) is 59.5 Å². The van der Waals surface area contributed by atoms with Gasteiger partial charge in [0.1, 0.15) is 17.2 Å². The van der Waals surface area contributed by atoms with Gasteiger partial charge >= 0.3 is 6.18 Å². The lowest BCUT2D eigenvalue weighted by molar-refractivity contribution is -0.136. The number of benzene rings is 4. The van der Waals surface area contributed by atoms with Crippen molar-refractivity contribution in [3.8, 4) is 11.5 Å². The fourth-order valence-corrected chi connectivity index (χ4v) is 7.82. The predicted molar refractivity (Wildman–Crippen MR) is 202 cm³/mol. The molecule has 1 fully saturated rings. The molecular formula is C41H35ClF4N6O4. The van der Waals surface area contributed by atoms with Crippen LogP contribution in [0.1, 0.15) is 58.3 Å². The van der Waals surface area contributed by atoms with E-state index in [0.29, 0.717) is 55.4 Å². The summed E-state index contributed by atoms with van der Waals surface area (Å²) in [5, 5.41) is 9.62. The van der Waals surface area contributed by atoms with E-state index in [1.54, 1.807) is 38.1 Å². The first kappa shape index (κ1) is 36.2. The van der Waals surface area contributed by atoms with Gasteiger partial charge in [-0.1, -0.05) is 29.8 Å². The summed E-state index contributed by atoms with van der Waals surface area (Å²) in [4.78, 5) is 20.7. The maximum absolute atomic E-state index is 14.9. The van der Waals surface area contributed by atoms with Gasteiger partial charge in [-0.3, -0.25) is 14.8 Å². The highest BCUT2D eigenvalue weighted by molar-refractivity contribution is 6.30. The fraction of sp³-hybridized carbons (Fsp3) is 0.293. The zero-order valence-electron chi connectivity index (χ0n) is 30.3. The molecule has 2 N–H and O–H groups in total. The number of fused-ring (bicyclic) bond motifs is 3. The molecule has 5 heterocycles. The van der Waals surface area contributed by atoms with Crippen LogP contribution in [0.25, 0.3) is 27.5 Å². The second kappa shape index (κ2) is 13.6. The number of aromatic amines is 1. The molecular weight excluding hydrogens is 752 g/mol. The monoisotopic (exact) mass is 786 g/mol. The van der Waals surface area contributed by atoms with E-state index in [1.165, 1.54) is 12.1 Å². The van der Waals surface area contributed by atoms with E-state index in [2.05, 4.69) is 31.1 Å². The smallest absolute Gasteiger partial charge is 0.418 e. The Bertz CT molecular complexity index is 2580. The van der Waals surface area contributed by atoms with Gasteiger partial charge in [-0.25, -0.2) is 9.37 Å². The molecule has 288 valence electrons. The average Bonchev–Trinajstić information content (AvgIpc) is 3.80. The molecule has 9 rings (SSSR count). The zero-order chi connectivity index (χ0) is 38.9. The molecule has 1 amide bonds. The highest BCUT2D eigenvalue weighted by atomic mass is 35.5. The molecule has 1 saturated heterocycles. The Morgan fingerprint density at radius 1 is 1.11 bits per heavy atom. The lowest BCUT2D eigenvalue weighted by Crippen LogP contribution is -2.33. The Labute approximate surface area is 323 Å². The number of H-pyrrole nitrogens is 1. The SMILES string of the molecule is Cc1[nH]nc2c(C(F)(F)F)cc(NC(=O)c3ccc4c(c3)nc(CN3CC=C(c5cccc6c5OC(C)(c5ccc(Cl)cc5F)O6)CC3)n4C[C@@H]3CCO3)cc12. The number of carbonyl (C=O) groups is 1. The van der Waals surface area contributed by atoms with Crippen molar-refractivity contribution in [2.24, 2.45) is 0 Å². The first-order valence-electron chi connectivity index (χ1n) is 18.2. The lowest BCUT2D eigenvalue weighted by Gasteiger charge is -2.29. The molecule has 0 radical (unpaired) electrons. The van der Waals surface area contributed by atoms with Crippen molar-refractivity contribution < 1.29 is 36.6 Å². The number of para-hydroxylation sites is 1. The summed E-state index contributed by atoms with van der Waals surface area (Å²) in [6.07, 6.45) is -0.834. The van der Waals surface area contributed by atoms with Crippen molar-refractivity contribution in [1.82, 2.24) is 24.6 Å². The molecule has 0 bridgehead atoms. The summed E-state index contributed by atoms with van der Waals surface area (Å²) in [6, 6.07) is 17.6. The van der Waals surface area contributed by atoms with E-state index in [0.717, 1.165) is 41.5 Å². The number of hydrogen-bond acceptors (Lipinski definition) is 7. The van der Waals surface area contributed by atoms with Gasteiger partial charge in [0.25, 0.3) is 11.7 Å². The molecule has 3 aliphatic rings. The number of carbonyl (C=O) groups excluding carboxylic acids is 1. The van der Waals surface area contributed by atoms with Crippen LogP contribution in [-0.2, 0) is 29.8 Å². The summed E-state index contributed by atoms with van der Waals surface area (Å²) >= 11 is 5.99. The topological polar surface area (TPSA) is 107 Å². The van der Waals surface area contributed by atoms with Crippen molar-refractivity contribution in [3.63, 3.8) is 0 Å². The fourth-order valence-electron chi connectivity index (χ4n) is 7.66. The van der Waals surface area contributed by atoms with E-state index < -0.39 is 29.3 Å². The number of hydrogen-bond donors (Lipinski definition) is 2. The maximum Gasteiger partial charge on any atom is 0.418 e. The second-order valence-corrected chi connectivity index (χ2v) is 14.9. The second-order valence-electron chi connectivity index (χ2n) is 14.5. The third-order valence-electron chi connectivity index (χ3n) is 10.7. The minimum Gasteiger partial charge on any atom is -0.444 e. The van der Waals surface area contributed by atoms with E-state index >= 15 is 0 Å². The molecule has 10 nitrogen and oxygen atoms in total. The lowest BCUT2D eigenvalue weighted by atomic mass is 9.98. The Kier molecular flexibility index (Phi) is 8.82. The number of aryl methyl sites for hydroxylation is 1. The van der Waals surface area contributed by atoms with E-state index in [9.17, 15) is 22.4 Å². The van der Waals surface area contributed by atoms with Crippen molar-refractivity contribution in [2.45, 2.75) is 57.8 Å². The van der Waals surface area contributed by atoms with Crippen LogP contribution in [-0.4, -0.2) is 56.4 Å². The number of ether oxygens (including phenoxy) is 3. The van der Waals surface area contributed by atoms with Gasteiger partial charge in [0.15, 0.2) is 11.5 Å². The van der Waals surface area contributed by atoms with Gasteiger partial charge in [0.05, 0.1) is 41.4 Å². The quantitative estimate of drug-likeness (QED) is 0.148. The first-order valence-corrected chi connectivity index (χ1v) is 18.6. The highest BCUT2D eigenvalue weighted by Gasteiger charge is 2.42. The van der Waals surface area contributed by atoms with Crippen molar-refractivity contribution >= 4 is 50.7 Å². The number of rotatable bonds is 8. The van der Waals surface area contributed by atoms with Gasteiger partial charge < -0.3 is 24.1 Å². The third-order valence-corrected chi connectivity index (χ3v) is 10.9. The summed E-state index contributed by atoms with van der Waals surface area (Å²) in [5.41, 5.74) is 3.22. The van der Waals surface area contributed by atoms with Gasteiger partial charge in [-0.15, -0.1) is 0 Å². The molecule has 0 aliphatic carbocycles. The molecule has 3 aliphatic heterocycles. The molecule has 0 saturated carbocycles. The summed E-state index contributed by atoms with van der Waals surface area (Å²) in [7, 11) is 0. The Balaban J connectivity index is 0.947. The minimum absolute atomic E-state index is 0.00862.